The molecule has 0 saturated carbocycles. The Labute approximate surface area is 237 Å². The molecule has 13 nitrogen and oxygen atoms in total. The lowest BCUT2D eigenvalue weighted by Crippen LogP contribution is -2.50. The summed E-state index contributed by atoms with van der Waals surface area (Å²) in [5.41, 5.74) is 14.4. The zero-order chi connectivity index (χ0) is 28.9. The maximum atomic E-state index is 12.7. The number of hydrogen-bond acceptors (Lipinski definition) is 7. The van der Waals surface area contributed by atoms with E-state index in [-0.39, 0.29) is 23.4 Å². The Balaban J connectivity index is 1.12. The fourth-order valence-electron chi connectivity index (χ4n) is 4.89. The summed E-state index contributed by atoms with van der Waals surface area (Å²) in [5, 5.41) is 20.7. The molecular weight excluding hydrogens is 524 g/mol. The van der Waals surface area contributed by atoms with Crippen molar-refractivity contribution in [3.05, 3.63) is 72.2 Å². The largest absolute Gasteiger partial charge is 0.446 e. The van der Waals surface area contributed by atoms with Crippen LogP contribution in [0.2, 0.25) is 0 Å². The molecule has 5 rings (SSSR count). The van der Waals surface area contributed by atoms with Crippen molar-refractivity contribution in [2.45, 2.75) is 0 Å². The number of benzene rings is 2. The summed E-state index contributed by atoms with van der Waals surface area (Å²) in [7, 11) is 0. The summed E-state index contributed by atoms with van der Waals surface area (Å²) >= 11 is 0. The van der Waals surface area contributed by atoms with Gasteiger partial charge in [-0.15, -0.1) is 0 Å². The summed E-state index contributed by atoms with van der Waals surface area (Å²) in [4.78, 5) is 33.5. The standard InChI is InChI=1S/C28H34N10O3/c29-27(30)37-15-11-35(12-16-37)21-5-1-19(2-6-21)33-25(39)23-9-10-24(41-23)26(40)34-20-3-7-22(8-4-20)36-13-17-38(18-14-36)28(31)32/h1-10H,11-18H2,(H3,29,30)(H3,31,32)(H,33,39)(H,34,40). The monoisotopic (exact) mass is 558 g/mol. The number of nitrogens with zero attached hydrogens (tertiary/aromatic N) is 4. The maximum absolute atomic E-state index is 12.7. The predicted molar refractivity (Wildman–Crippen MR) is 159 cm³/mol. The molecular formula is C28H34N10O3. The number of piperazine rings is 2. The quantitative estimate of drug-likeness (QED) is 0.194. The molecule has 0 unspecified atom stereocenters. The third kappa shape index (κ3) is 6.52. The zero-order valence-electron chi connectivity index (χ0n) is 22.6. The first-order valence-corrected chi connectivity index (χ1v) is 13.4. The number of amides is 2. The summed E-state index contributed by atoms with van der Waals surface area (Å²) in [5.74, 6) is -0.678. The second-order valence-corrected chi connectivity index (χ2v) is 9.88. The molecule has 2 amide bonds. The van der Waals surface area contributed by atoms with E-state index in [2.05, 4.69) is 20.4 Å². The number of carbonyl (C=O) groups is 2. The maximum Gasteiger partial charge on any atom is 0.291 e. The number of guanidine groups is 2. The number of hydrogen-bond donors (Lipinski definition) is 6. The van der Waals surface area contributed by atoms with Crippen LogP contribution in [0.1, 0.15) is 21.1 Å². The molecule has 1 aromatic heterocycles. The smallest absolute Gasteiger partial charge is 0.291 e. The third-order valence-corrected chi connectivity index (χ3v) is 7.27. The highest BCUT2D eigenvalue weighted by molar-refractivity contribution is 6.05. The summed E-state index contributed by atoms with van der Waals surface area (Å²) < 4.78 is 5.54. The van der Waals surface area contributed by atoms with Gasteiger partial charge in [0.1, 0.15) is 0 Å². The molecule has 214 valence electrons. The molecule has 2 aliphatic rings. The number of nitrogens with two attached hydrogens (primary N) is 2. The molecule has 3 heterocycles. The minimum Gasteiger partial charge on any atom is -0.446 e. The van der Waals surface area contributed by atoms with Crippen LogP contribution in [0.15, 0.2) is 65.1 Å². The first kappa shape index (κ1) is 27.4. The molecule has 0 spiro atoms. The summed E-state index contributed by atoms with van der Waals surface area (Å²) in [6.07, 6.45) is 0. The summed E-state index contributed by atoms with van der Waals surface area (Å²) in [6.45, 7) is 5.78. The van der Waals surface area contributed by atoms with E-state index in [0.29, 0.717) is 37.6 Å². The molecule has 2 aromatic carbocycles. The van der Waals surface area contributed by atoms with Gasteiger partial charge < -0.3 is 46.1 Å². The molecule has 0 radical (unpaired) electrons. The fraction of sp³-hybridized carbons (Fsp3) is 0.286. The van der Waals surface area contributed by atoms with E-state index in [9.17, 15) is 9.59 Å². The molecule has 3 aromatic rings. The van der Waals surface area contributed by atoms with Crippen molar-refractivity contribution in [1.29, 1.82) is 10.8 Å². The van der Waals surface area contributed by atoms with Crippen LogP contribution in [0, 0.1) is 10.8 Å². The van der Waals surface area contributed by atoms with Gasteiger partial charge in [0.25, 0.3) is 11.8 Å². The first-order chi connectivity index (χ1) is 19.8. The zero-order valence-corrected chi connectivity index (χ0v) is 22.6. The van der Waals surface area contributed by atoms with Gasteiger partial charge in [-0.25, -0.2) is 0 Å². The Morgan fingerprint density at radius 3 is 1.24 bits per heavy atom. The Hall–Kier alpha value is -5.20. The van der Waals surface area contributed by atoms with Crippen LogP contribution < -0.4 is 31.9 Å². The fourth-order valence-corrected chi connectivity index (χ4v) is 4.89. The van der Waals surface area contributed by atoms with E-state index in [0.717, 1.165) is 37.6 Å². The lowest BCUT2D eigenvalue weighted by molar-refractivity contribution is 0.0974. The third-order valence-electron chi connectivity index (χ3n) is 7.27. The molecule has 41 heavy (non-hydrogen) atoms. The molecule has 0 atom stereocenters. The van der Waals surface area contributed by atoms with Gasteiger partial charge in [0.2, 0.25) is 0 Å². The number of anilines is 4. The van der Waals surface area contributed by atoms with E-state index >= 15 is 0 Å². The van der Waals surface area contributed by atoms with Crippen molar-refractivity contribution >= 4 is 46.5 Å². The van der Waals surface area contributed by atoms with Gasteiger partial charge >= 0.3 is 0 Å². The molecule has 0 bridgehead atoms. The Bertz CT molecular complexity index is 1300. The predicted octanol–water partition coefficient (Wildman–Crippen LogP) is 1.82. The Morgan fingerprint density at radius 2 is 0.927 bits per heavy atom. The average molecular weight is 559 g/mol. The van der Waals surface area contributed by atoms with E-state index in [4.69, 9.17) is 26.7 Å². The Morgan fingerprint density at radius 1 is 0.585 bits per heavy atom. The summed E-state index contributed by atoms with van der Waals surface area (Å²) in [6, 6.07) is 17.9. The topological polar surface area (TPSA) is 184 Å². The van der Waals surface area contributed by atoms with Crippen LogP contribution >= 0.6 is 0 Å². The molecule has 0 aliphatic carbocycles. The first-order valence-electron chi connectivity index (χ1n) is 13.4. The minimum absolute atomic E-state index is 0.0274. The number of furan rings is 1. The van der Waals surface area contributed by atoms with E-state index in [1.54, 1.807) is 0 Å². The van der Waals surface area contributed by atoms with E-state index < -0.39 is 11.8 Å². The van der Waals surface area contributed by atoms with Gasteiger partial charge in [0.05, 0.1) is 0 Å². The van der Waals surface area contributed by atoms with Crippen LogP contribution in [0.3, 0.4) is 0 Å². The van der Waals surface area contributed by atoms with Crippen LogP contribution in [0.25, 0.3) is 0 Å². The van der Waals surface area contributed by atoms with E-state index in [1.165, 1.54) is 12.1 Å². The highest BCUT2D eigenvalue weighted by Gasteiger charge is 2.20. The van der Waals surface area contributed by atoms with Crippen molar-refractivity contribution in [2.75, 3.05) is 72.8 Å². The normalized spacial score (nSPS) is 15.4. The molecule has 8 N–H and O–H groups in total. The molecule has 2 aliphatic heterocycles. The molecule has 2 fully saturated rings. The van der Waals surface area contributed by atoms with Crippen LogP contribution in [0.4, 0.5) is 22.7 Å². The van der Waals surface area contributed by atoms with Gasteiger partial charge in [0, 0.05) is 75.1 Å². The molecule has 13 heteroatoms. The average Bonchev–Trinajstić information content (AvgIpc) is 3.49. The highest BCUT2D eigenvalue weighted by atomic mass is 16.4. The van der Waals surface area contributed by atoms with Gasteiger partial charge in [0.15, 0.2) is 23.4 Å². The van der Waals surface area contributed by atoms with Crippen LogP contribution in [-0.4, -0.2) is 85.9 Å². The van der Waals surface area contributed by atoms with Crippen molar-refractivity contribution < 1.29 is 14.0 Å². The van der Waals surface area contributed by atoms with Crippen LogP contribution in [-0.2, 0) is 0 Å². The van der Waals surface area contributed by atoms with Gasteiger partial charge in [-0.3, -0.25) is 20.4 Å². The van der Waals surface area contributed by atoms with Crippen molar-refractivity contribution in [3.8, 4) is 0 Å². The molecule has 2 saturated heterocycles. The number of nitrogens with one attached hydrogen (secondary N) is 4. The highest BCUT2D eigenvalue weighted by Crippen LogP contribution is 2.22. The van der Waals surface area contributed by atoms with Gasteiger partial charge in [-0.1, -0.05) is 0 Å². The van der Waals surface area contributed by atoms with Gasteiger partial charge in [-0.05, 0) is 60.7 Å². The SMILES string of the molecule is N=C(N)N1CCN(c2ccc(NC(=O)c3ccc(C(=O)Nc4ccc(N5CCN(C(=N)N)CC5)cc4)o3)cc2)CC1. The number of rotatable bonds is 6. The van der Waals surface area contributed by atoms with Crippen molar-refractivity contribution in [3.63, 3.8) is 0 Å². The van der Waals surface area contributed by atoms with Crippen molar-refractivity contribution in [1.82, 2.24) is 9.80 Å². The van der Waals surface area contributed by atoms with E-state index in [1.807, 2.05) is 58.3 Å². The Kier molecular flexibility index (Phi) is 7.94. The van der Waals surface area contributed by atoms with Gasteiger partial charge in [-0.2, -0.15) is 0 Å². The second kappa shape index (κ2) is 11.9. The lowest BCUT2D eigenvalue weighted by Gasteiger charge is -2.36. The lowest BCUT2D eigenvalue weighted by atomic mass is 10.2. The van der Waals surface area contributed by atoms with Crippen LogP contribution in [0.5, 0.6) is 0 Å². The minimum atomic E-state index is -0.457. The second-order valence-electron chi connectivity index (χ2n) is 9.88. The van der Waals surface area contributed by atoms with Crippen molar-refractivity contribution in [2.24, 2.45) is 11.5 Å². The number of carbonyl (C=O) groups excluding carboxylic acids is 2.